The average molecular weight is 277 g/mol. The summed E-state index contributed by atoms with van der Waals surface area (Å²) in [6, 6.07) is 10.0. The molecule has 0 saturated heterocycles. The minimum atomic E-state index is 0.309. The van der Waals surface area contributed by atoms with Crippen LogP contribution in [-0.4, -0.2) is 16.5 Å². The van der Waals surface area contributed by atoms with Crippen LogP contribution in [0.2, 0.25) is 5.02 Å². The SMILES string of the molecule is CCCCN(c1ccccc1)c1ncnc(N)c1Cl. The van der Waals surface area contributed by atoms with Crippen molar-refractivity contribution < 1.29 is 0 Å². The highest BCUT2D eigenvalue weighted by Crippen LogP contribution is 2.32. The Labute approximate surface area is 118 Å². The number of rotatable bonds is 5. The zero-order valence-corrected chi connectivity index (χ0v) is 11.6. The van der Waals surface area contributed by atoms with E-state index in [0.717, 1.165) is 25.1 Å². The molecular formula is C14H17ClN4. The van der Waals surface area contributed by atoms with Gasteiger partial charge < -0.3 is 10.6 Å². The highest BCUT2D eigenvalue weighted by Gasteiger charge is 2.15. The van der Waals surface area contributed by atoms with Gasteiger partial charge in [-0.15, -0.1) is 0 Å². The monoisotopic (exact) mass is 276 g/mol. The van der Waals surface area contributed by atoms with Gasteiger partial charge in [-0.2, -0.15) is 0 Å². The third-order valence-electron chi connectivity index (χ3n) is 2.86. The molecule has 1 aromatic heterocycles. The Morgan fingerprint density at radius 1 is 1.21 bits per heavy atom. The number of unbranched alkanes of at least 4 members (excludes halogenated alkanes) is 1. The second-order valence-corrected chi connectivity index (χ2v) is 4.62. The number of anilines is 3. The van der Waals surface area contributed by atoms with Gasteiger partial charge in [0.25, 0.3) is 0 Å². The lowest BCUT2D eigenvalue weighted by atomic mass is 10.2. The van der Waals surface area contributed by atoms with E-state index in [1.165, 1.54) is 6.33 Å². The lowest BCUT2D eigenvalue weighted by molar-refractivity contribution is 0.778. The van der Waals surface area contributed by atoms with E-state index in [1.54, 1.807) is 0 Å². The first-order valence-electron chi connectivity index (χ1n) is 6.32. The van der Waals surface area contributed by atoms with E-state index < -0.39 is 0 Å². The first-order valence-corrected chi connectivity index (χ1v) is 6.70. The van der Waals surface area contributed by atoms with Gasteiger partial charge in [-0.25, -0.2) is 9.97 Å². The molecule has 0 aliphatic heterocycles. The van der Waals surface area contributed by atoms with Gasteiger partial charge in [0.05, 0.1) is 0 Å². The summed E-state index contributed by atoms with van der Waals surface area (Å²) in [5, 5.41) is 0.405. The van der Waals surface area contributed by atoms with Gasteiger partial charge in [0.2, 0.25) is 0 Å². The first kappa shape index (κ1) is 13.6. The van der Waals surface area contributed by atoms with Crippen LogP contribution >= 0.6 is 11.6 Å². The summed E-state index contributed by atoms with van der Waals surface area (Å²) in [5.41, 5.74) is 6.81. The lowest BCUT2D eigenvalue weighted by Gasteiger charge is -2.24. The fourth-order valence-electron chi connectivity index (χ4n) is 1.84. The maximum atomic E-state index is 6.23. The van der Waals surface area contributed by atoms with Crippen LogP contribution in [0.4, 0.5) is 17.3 Å². The van der Waals surface area contributed by atoms with Gasteiger partial charge in [0, 0.05) is 12.2 Å². The second kappa shape index (κ2) is 6.38. The fourth-order valence-corrected chi connectivity index (χ4v) is 2.04. The first-order chi connectivity index (χ1) is 9.24. The van der Waals surface area contributed by atoms with E-state index in [2.05, 4.69) is 21.8 Å². The molecule has 0 aliphatic carbocycles. The van der Waals surface area contributed by atoms with Crippen molar-refractivity contribution in [1.82, 2.24) is 9.97 Å². The number of para-hydroxylation sites is 1. The molecule has 2 aromatic rings. The van der Waals surface area contributed by atoms with E-state index in [0.29, 0.717) is 16.7 Å². The van der Waals surface area contributed by atoms with Crippen LogP contribution in [0.3, 0.4) is 0 Å². The maximum absolute atomic E-state index is 6.23. The summed E-state index contributed by atoms with van der Waals surface area (Å²) in [6.45, 7) is 3.00. The Hall–Kier alpha value is -1.81. The van der Waals surface area contributed by atoms with Crippen LogP contribution in [-0.2, 0) is 0 Å². The summed E-state index contributed by atoms with van der Waals surface area (Å²) in [7, 11) is 0. The predicted octanol–water partition coefficient (Wildman–Crippen LogP) is 3.65. The van der Waals surface area contributed by atoms with Crippen molar-refractivity contribution in [2.24, 2.45) is 0 Å². The van der Waals surface area contributed by atoms with Crippen molar-refractivity contribution >= 4 is 28.9 Å². The summed E-state index contributed by atoms with van der Waals surface area (Å²) >= 11 is 6.23. The van der Waals surface area contributed by atoms with Crippen LogP contribution in [0.15, 0.2) is 36.7 Å². The smallest absolute Gasteiger partial charge is 0.157 e. The topological polar surface area (TPSA) is 55.0 Å². The van der Waals surface area contributed by atoms with E-state index in [9.17, 15) is 0 Å². The third-order valence-corrected chi connectivity index (χ3v) is 3.22. The molecule has 0 fully saturated rings. The molecule has 0 spiro atoms. The summed E-state index contributed by atoms with van der Waals surface area (Å²) in [6.07, 6.45) is 3.59. The Kier molecular flexibility index (Phi) is 4.58. The number of nitrogen functional groups attached to an aromatic ring is 1. The summed E-state index contributed by atoms with van der Waals surface area (Å²) in [5.74, 6) is 0.970. The Morgan fingerprint density at radius 3 is 2.63 bits per heavy atom. The molecule has 0 bridgehead atoms. The zero-order valence-electron chi connectivity index (χ0n) is 10.9. The Bertz CT molecular complexity index is 530. The predicted molar refractivity (Wildman–Crippen MR) is 79.8 cm³/mol. The minimum Gasteiger partial charge on any atom is -0.382 e. The minimum absolute atomic E-state index is 0.309. The molecule has 5 heteroatoms. The Morgan fingerprint density at radius 2 is 1.95 bits per heavy atom. The quantitative estimate of drug-likeness (QED) is 0.906. The highest BCUT2D eigenvalue weighted by molar-refractivity contribution is 6.35. The number of nitrogens with two attached hydrogens (primary N) is 1. The highest BCUT2D eigenvalue weighted by atomic mass is 35.5. The van der Waals surface area contributed by atoms with Gasteiger partial charge in [-0.3, -0.25) is 0 Å². The summed E-state index contributed by atoms with van der Waals surface area (Å²) in [4.78, 5) is 10.2. The van der Waals surface area contributed by atoms with Crippen LogP contribution in [0.1, 0.15) is 19.8 Å². The number of aromatic nitrogens is 2. The molecule has 0 aliphatic rings. The summed E-state index contributed by atoms with van der Waals surface area (Å²) < 4.78 is 0. The van der Waals surface area contributed by atoms with Gasteiger partial charge in [0.1, 0.15) is 17.2 Å². The molecule has 19 heavy (non-hydrogen) atoms. The standard InChI is InChI=1S/C14H17ClN4/c1-2-3-9-19(11-7-5-4-6-8-11)14-12(15)13(16)17-10-18-14/h4-8,10H,2-3,9H2,1H3,(H2,16,17,18). The second-order valence-electron chi connectivity index (χ2n) is 4.24. The van der Waals surface area contributed by atoms with Gasteiger partial charge in [-0.05, 0) is 18.6 Å². The van der Waals surface area contributed by atoms with E-state index in [4.69, 9.17) is 17.3 Å². The molecule has 0 saturated carbocycles. The molecule has 0 amide bonds. The molecule has 1 heterocycles. The molecule has 4 nitrogen and oxygen atoms in total. The molecule has 0 unspecified atom stereocenters. The largest absolute Gasteiger partial charge is 0.382 e. The molecule has 0 radical (unpaired) electrons. The van der Waals surface area contributed by atoms with Crippen molar-refractivity contribution in [2.45, 2.75) is 19.8 Å². The van der Waals surface area contributed by atoms with E-state index in [1.807, 2.05) is 30.3 Å². The van der Waals surface area contributed by atoms with Crippen LogP contribution in [0, 0.1) is 0 Å². The number of halogens is 1. The number of nitrogens with zero attached hydrogens (tertiary/aromatic N) is 3. The Balaban J connectivity index is 2.40. The molecule has 100 valence electrons. The van der Waals surface area contributed by atoms with Crippen LogP contribution in [0.5, 0.6) is 0 Å². The van der Waals surface area contributed by atoms with Gasteiger partial charge >= 0.3 is 0 Å². The van der Waals surface area contributed by atoms with Crippen molar-refractivity contribution in [1.29, 1.82) is 0 Å². The average Bonchev–Trinajstić information content (AvgIpc) is 2.45. The zero-order chi connectivity index (χ0) is 13.7. The van der Waals surface area contributed by atoms with Crippen molar-refractivity contribution in [3.05, 3.63) is 41.7 Å². The van der Waals surface area contributed by atoms with Crippen molar-refractivity contribution in [3.8, 4) is 0 Å². The van der Waals surface area contributed by atoms with Crippen molar-refractivity contribution in [3.63, 3.8) is 0 Å². The lowest BCUT2D eigenvalue weighted by Crippen LogP contribution is -2.20. The van der Waals surface area contributed by atoms with Crippen LogP contribution < -0.4 is 10.6 Å². The fraction of sp³-hybridized carbons (Fsp3) is 0.286. The molecule has 0 atom stereocenters. The molecule has 2 rings (SSSR count). The number of hydrogen-bond donors (Lipinski definition) is 1. The normalized spacial score (nSPS) is 10.4. The van der Waals surface area contributed by atoms with E-state index in [-0.39, 0.29) is 0 Å². The number of hydrogen-bond acceptors (Lipinski definition) is 4. The van der Waals surface area contributed by atoms with Crippen LogP contribution in [0.25, 0.3) is 0 Å². The van der Waals surface area contributed by atoms with E-state index >= 15 is 0 Å². The molecule has 2 N–H and O–H groups in total. The maximum Gasteiger partial charge on any atom is 0.157 e. The third kappa shape index (κ3) is 3.15. The molecular weight excluding hydrogens is 260 g/mol. The van der Waals surface area contributed by atoms with Gasteiger partial charge in [-0.1, -0.05) is 43.1 Å². The molecule has 1 aromatic carbocycles. The van der Waals surface area contributed by atoms with Gasteiger partial charge in [0.15, 0.2) is 5.82 Å². The van der Waals surface area contributed by atoms with Crippen molar-refractivity contribution in [2.75, 3.05) is 17.2 Å². The number of benzene rings is 1.